The van der Waals surface area contributed by atoms with Crippen molar-refractivity contribution < 1.29 is 22.8 Å². The van der Waals surface area contributed by atoms with Crippen LogP contribution in [0.3, 0.4) is 0 Å². The molecule has 2 aromatic carbocycles. The molecule has 1 aliphatic heterocycles. The van der Waals surface area contributed by atoms with E-state index in [1.807, 2.05) is 0 Å². The molecule has 0 unspecified atom stereocenters. The summed E-state index contributed by atoms with van der Waals surface area (Å²) in [5, 5.41) is 0.793. The second kappa shape index (κ2) is 8.53. The zero-order valence-corrected chi connectivity index (χ0v) is 16.2. The standard InChI is InChI=1S/C20H16Cl2F3NO2/c21-14-2-1-3-15(22)13(14)10-18(27)26-6-4-11(5-7-26)20(28)19-16(24)8-12(23)9-17(19)25/h1-3,8-9,11H,4-7,10H2. The summed E-state index contributed by atoms with van der Waals surface area (Å²) in [6.07, 6.45) is 0.548. The third-order valence-electron chi connectivity index (χ3n) is 4.86. The Hall–Kier alpha value is -2.05. The first-order valence-corrected chi connectivity index (χ1v) is 9.43. The van der Waals surface area contributed by atoms with Crippen LogP contribution in [0.25, 0.3) is 0 Å². The molecule has 0 radical (unpaired) electrons. The first-order valence-electron chi connectivity index (χ1n) is 8.67. The van der Waals surface area contributed by atoms with Crippen molar-refractivity contribution in [2.45, 2.75) is 19.3 Å². The van der Waals surface area contributed by atoms with Gasteiger partial charge in [0.15, 0.2) is 5.78 Å². The van der Waals surface area contributed by atoms with Crippen molar-refractivity contribution in [3.63, 3.8) is 0 Å². The van der Waals surface area contributed by atoms with E-state index in [1.165, 1.54) is 0 Å². The molecule has 0 N–H and O–H groups in total. The molecule has 1 saturated heterocycles. The number of likely N-dealkylation sites (tertiary alicyclic amines) is 1. The Morgan fingerprint density at radius 1 is 1.00 bits per heavy atom. The molecule has 3 rings (SSSR count). The number of hydrogen-bond donors (Lipinski definition) is 0. The molecule has 0 saturated carbocycles. The molecule has 0 aliphatic carbocycles. The molecule has 1 heterocycles. The van der Waals surface area contributed by atoms with E-state index < -0.39 is 34.7 Å². The van der Waals surface area contributed by atoms with E-state index in [0.717, 1.165) is 0 Å². The van der Waals surface area contributed by atoms with E-state index in [4.69, 9.17) is 23.2 Å². The Morgan fingerprint density at radius 3 is 2.07 bits per heavy atom. The minimum Gasteiger partial charge on any atom is -0.342 e. The average Bonchev–Trinajstić information content (AvgIpc) is 2.64. The molecule has 148 valence electrons. The first-order chi connectivity index (χ1) is 13.3. The number of benzene rings is 2. The second-order valence-corrected chi connectivity index (χ2v) is 7.46. The van der Waals surface area contributed by atoms with Gasteiger partial charge < -0.3 is 4.90 Å². The average molecular weight is 430 g/mol. The highest BCUT2D eigenvalue weighted by molar-refractivity contribution is 6.36. The fourth-order valence-corrected chi connectivity index (χ4v) is 3.87. The topological polar surface area (TPSA) is 37.4 Å². The molecule has 0 atom stereocenters. The summed E-state index contributed by atoms with van der Waals surface area (Å²) in [5.41, 5.74) is -0.196. The van der Waals surface area contributed by atoms with E-state index >= 15 is 0 Å². The van der Waals surface area contributed by atoms with Crippen molar-refractivity contribution in [2.24, 2.45) is 5.92 Å². The van der Waals surface area contributed by atoms with Crippen molar-refractivity contribution in [2.75, 3.05) is 13.1 Å². The highest BCUT2D eigenvalue weighted by Crippen LogP contribution is 2.28. The van der Waals surface area contributed by atoms with Crippen LogP contribution >= 0.6 is 23.2 Å². The van der Waals surface area contributed by atoms with E-state index in [1.54, 1.807) is 23.1 Å². The molecule has 0 aromatic heterocycles. The SMILES string of the molecule is O=C(c1c(F)cc(F)cc1F)C1CCN(C(=O)Cc2c(Cl)cccc2Cl)CC1. The lowest BCUT2D eigenvalue weighted by Crippen LogP contribution is -2.41. The summed E-state index contributed by atoms with van der Waals surface area (Å²) in [7, 11) is 0. The van der Waals surface area contributed by atoms with E-state index in [9.17, 15) is 22.8 Å². The van der Waals surface area contributed by atoms with Crippen molar-refractivity contribution in [1.29, 1.82) is 0 Å². The van der Waals surface area contributed by atoms with Crippen LogP contribution in [0.2, 0.25) is 10.0 Å². The van der Waals surface area contributed by atoms with Gasteiger partial charge in [-0.25, -0.2) is 13.2 Å². The maximum atomic E-state index is 13.8. The summed E-state index contributed by atoms with van der Waals surface area (Å²) in [5.74, 6) is -5.05. The molecule has 1 aliphatic rings. The van der Waals surface area contributed by atoms with Crippen LogP contribution in [0.4, 0.5) is 13.2 Å². The van der Waals surface area contributed by atoms with Crippen LogP contribution < -0.4 is 0 Å². The summed E-state index contributed by atoms with van der Waals surface area (Å²) in [4.78, 5) is 26.6. The number of carbonyl (C=O) groups is 2. The Bertz CT molecular complexity index is 884. The summed E-state index contributed by atoms with van der Waals surface area (Å²) in [6.45, 7) is 0.531. The smallest absolute Gasteiger partial charge is 0.227 e. The van der Waals surface area contributed by atoms with Crippen LogP contribution in [-0.4, -0.2) is 29.7 Å². The van der Waals surface area contributed by atoms with E-state index in [2.05, 4.69) is 0 Å². The molecule has 1 amide bonds. The van der Waals surface area contributed by atoms with Crippen molar-refractivity contribution >= 4 is 34.9 Å². The maximum Gasteiger partial charge on any atom is 0.227 e. The first kappa shape index (κ1) is 20.7. The second-order valence-electron chi connectivity index (χ2n) is 6.64. The Labute approximate surface area is 170 Å². The molecule has 3 nitrogen and oxygen atoms in total. The molecule has 0 spiro atoms. The van der Waals surface area contributed by atoms with Crippen LogP contribution in [0, 0.1) is 23.4 Å². The lowest BCUT2D eigenvalue weighted by molar-refractivity contribution is -0.131. The zero-order chi connectivity index (χ0) is 20.4. The quantitative estimate of drug-likeness (QED) is 0.635. The number of rotatable bonds is 4. The van der Waals surface area contributed by atoms with Crippen LogP contribution in [0.15, 0.2) is 30.3 Å². The van der Waals surface area contributed by atoms with E-state index in [-0.39, 0.29) is 38.3 Å². The van der Waals surface area contributed by atoms with Gasteiger partial charge in [0.25, 0.3) is 0 Å². The highest BCUT2D eigenvalue weighted by Gasteiger charge is 2.31. The predicted octanol–water partition coefficient (Wildman–Crippen LogP) is 5.07. The van der Waals surface area contributed by atoms with Gasteiger partial charge in [0, 0.05) is 41.2 Å². The van der Waals surface area contributed by atoms with Crippen molar-refractivity contribution in [1.82, 2.24) is 4.90 Å². The maximum absolute atomic E-state index is 13.8. The van der Waals surface area contributed by atoms with E-state index in [0.29, 0.717) is 27.7 Å². The van der Waals surface area contributed by atoms with Gasteiger partial charge in [0.2, 0.25) is 5.91 Å². The number of nitrogens with zero attached hydrogens (tertiary/aromatic N) is 1. The van der Waals surface area contributed by atoms with Crippen molar-refractivity contribution in [3.05, 3.63) is 69.0 Å². The molecule has 0 bridgehead atoms. The van der Waals surface area contributed by atoms with Gasteiger partial charge >= 0.3 is 0 Å². The fraction of sp³-hybridized carbons (Fsp3) is 0.300. The fourth-order valence-electron chi connectivity index (χ4n) is 3.34. The molecule has 28 heavy (non-hydrogen) atoms. The minimum atomic E-state index is -1.21. The Morgan fingerprint density at radius 2 is 1.54 bits per heavy atom. The number of piperidine rings is 1. The van der Waals surface area contributed by atoms with Gasteiger partial charge in [0.1, 0.15) is 17.5 Å². The van der Waals surface area contributed by atoms with Gasteiger partial charge in [-0.1, -0.05) is 29.3 Å². The summed E-state index contributed by atoms with van der Waals surface area (Å²) >= 11 is 12.2. The number of ketones is 1. The summed E-state index contributed by atoms with van der Waals surface area (Å²) < 4.78 is 40.7. The van der Waals surface area contributed by atoms with Gasteiger partial charge in [-0.05, 0) is 30.5 Å². The molecule has 1 fully saturated rings. The highest BCUT2D eigenvalue weighted by atomic mass is 35.5. The minimum absolute atomic E-state index is 0.0261. The molecule has 8 heteroatoms. The van der Waals surface area contributed by atoms with Crippen molar-refractivity contribution in [3.8, 4) is 0 Å². The lowest BCUT2D eigenvalue weighted by Gasteiger charge is -2.31. The van der Waals surface area contributed by atoms with Gasteiger partial charge in [-0.2, -0.15) is 0 Å². The zero-order valence-electron chi connectivity index (χ0n) is 14.7. The van der Waals surface area contributed by atoms with Crippen LogP contribution in [0.5, 0.6) is 0 Å². The van der Waals surface area contributed by atoms with Crippen LogP contribution in [0.1, 0.15) is 28.8 Å². The molecular formula is C20H16Cl2F3NO2. The number of carbonyl (C=O) groups excluding carboxylic acids is 2. The predicted molar refractivity (Wildman–Crippen MR) is 100 cm³/mol. The monoisotopic (exact) mass is 429 g/mol. The number of Topliss-reactive ketones (excluding diaryl/α,β-unsaturated/α-hetero) is 1. The third kappa shape index (κ3) is 4.33. The number of amides is 1. The summed E-state index contributed by atoms with van der Waals surface area (Å²) in [6, 6.07) is 5.95. The third-order valence-corrected chi connectivity index (χ3v) is 5.57. The van der Waals surface area contributed by atoms with Gasteiger partial charge in [-0.3, -0.25) is 9.59 Å². The van der Waals surface area contributed by atoms with Gasteiger partial charge in [-0.15, -0.1) is 0 Å². The Kier molecular flexibility index (Phi) is 6.30. The Balaban J connectivity index is 1.64. The normalized spacial score (nSPS) is 15.0. The largest absolute Gasteiger partial charge is 0.342 e. The lowest BCUT2D eigenvalue weighted by atomic mass is 9.88. The van der Waals surface area contributed by atoms with Crippen LogP contribution in [-0.2, 0) is 11.2 Å². The molecule has 2 aromatic rings. The van der Waals surface area contributed by atoms with Gasteiger partial charge in [0.05, 0.1) is 12.0 Å². The molecular weight excluding hydrogens is 414 g/mol. The number of halogens is 5. The number of hydrogen-bond acceptors (Lipinski definition) is 2.